The van der Waals surface area contributed by atoms with Crippen LogP contribution >= 0.6 is 35.0 Å². The third kappa shape index (κ3) is 6.29. The first-order chi connectivity index (χ1) is 14.2. The molecule has 0 saturated carbocycles. The Hall–Kier alpha value is -1.91. The maximum Gasteiger partial charge on any atom is 0.437 e. The third-order valence-corrected chi connectivity index (χ3v) is 5.88. The summed E-state index contributed by atoms with van der Waals surface area (Å²) < 4.78 is 45.2. The Morgan fingerprint density at radius 2 is 2.00 bits per heavy atom. The van der Waals surface area contributed by atoms with Crippen LogP contribution in [0, 0.1) is 5.92 Å². The molecule has 1 saturated heterocycles. The largest absolute Gasteiger partial charge is 0.437 e. The van der Waals surface area contributed by atoms with Gasteiger partial charge in [-0.1, -0.05) is 23.2 Å². The average molecular weight is 481 g/mol. The van der Waals surface area contributed by atoms with Gasteiger partial charge in [0.2, 0.25) is 5.95 Å². The van der Waals surface area contributed by atoms with Gasteiger partial charge in [0.15, 0.2) is 11.4 Å². The second kappa shape index (κ2) is 9.93. The van der Waals surface area contributed by atoms with E-state index in [9.17, 15) is 18.0 Å². The molecule has 1 aromatic heterocycles. The van der Waals surface area contributed by atoms with Crippen LogP contribution in [-0.2, 0) is 6.18 Å². The molecule has 162 valence electrons. The number of aromatic nitrogens is 2. The molecule has 30 heavy (non-hydrogen) atoms. The van der Waals surface area contributed by atoms with Crippen LogP contribution in [0.1, 0.15) is 18.5 Å². The van der Waals surface area contributed by atoms with Gasteiger partial charge in [-0.2, -0.15) is 24.9 Å². The van der Waals surface area contributed by atoms with Crippen molar-refractivity contribution in [3.8, 4) is 5.75 Å². The van der Waals surface area contributed by atoms with E-state index in [2.05, 4.69) is 20.6 Å². The van der Waals surface area contributed by atoms with Gasteiger partial charge in [-0.05, 0) is 48.5 Å². The Kier molecular flexibility index (Phi) is 7.54. The minimum atomic E-state index is -4.86. The number of amides is 1. The van der Waals surface area contributed by atoms with Gasteiger partial charge in [0.05, 0.1) is 16.9 Å². The molecule has 0 atom stereocenters. The molecule has 1 aliphatic rings. The number of carbonyl (C=O) groups excluding carboxylic acids is 1. The Morgan fingerprint density at radius 3 is 2.67 bits per heavy atom. The second-order valence-corrected chi connectivity index (χ2v) is 8.55. The molecule has 0 unspecified atom stereocenters. The standard InChI is InChI=1S/C18H17Cl2F3N4O2S/c19-11-1-2-13(12(20)7-11)26-16-24-9-14(15(27-16)18(21,22)23)29-17(28)25-8-10-3-5-30-6-4-10/h1-2,7,9-10H,3-6,8H2,(H,25,28)(H,24,26,27). The summed E-state index contributed by atoms with van der Waals surface area (Å²) in [6.07, 6.45) is -3.17. The minimum absolute atomic E-state index is 0.181. The molecule has 2 N–H and O–H groups in total. The van der Waals surface area contributed by atoms with Gasteiger partial charge >= 0.3 is 12.3 Å². The SMILES string of the molecule is O=C(NCC1CCSCC1)Oc1cnc(Nc2ccc(Cl)cc2Cl)nc1C(F)(F)F. The van der Waals surface area contributed by atoms with Crippen LogP contribution in [0.25, 0.3) is 0 Å². The quantitative estimate of drug-likeness (QED) is 0.564. The first kappa shape index (κ1) is 22.8. The lowest BCUT2D eigenvalue weighted by molar-refractivity contribution is -0.142. The van der Waals surface area contributed by atoms with Crippen LogP contribution in [0.2, 0.25) is 10.0 Å². The van der Waals surface area contributed by atoms with E-state index in [1.807, 2.05) is 11.8 Å². The Morgan fingerprint density at radius 1 is 1.27 bits per heavy atom. The fourth-order valence-electron chi connectivity index (χ4n) is 2.73. The molecule has 1 aliphatic heterocycles. The van der Waals surface area contributed by atoms with Crippen LogP contribution in [0.5, 0.6) is 5.75 Å². The van der Waals surface area contributed by atoms with Crippen LogP contribution < -0.4 is 15.4 Å². The highest BCUT2D eigenvalue weighted by Crippen LogP contribution is 2.36. The van der Waals surface area contributed by atoms with Crippen molar-refractivity contribution in [1.82, 2.24) is 15.3 Å². The zero-order valence-electron chi connectivity index (χ0n) is 15.4. The normalized spacial score (nSPS) is 15.0. The zero-order chi connectivity index (χ0) is 21.7. The van der Waals surface area contributed by atoms with E-state index in [-0.39, 0.29) is 22.6 Å². The molecule has 2 heterocycles. The summed E-state index contributed by atoms with van der Waals surface area (Å²) in [5.74, 6) is 1.14. The van der Waals surface area contributed by atoms with E-state index in [0.717, 1.165) is 30.5 Å². The Labute approximate surface area is 184 Å². The van der Waals surface area contributed by atoms with Crippen molar-refractivity contribution in [2.24, 2.45) is 5.92 Å². The first-order valence-corrected chi connectivity index (χ1v) is 10.8. The number of rotatable bonds is 5. The number of hydrogen-bond acceptors (Lipinski definition) is 6. The molecule has 12 heteroatoms. The average Bonchev–Trinajstić information content (AvgIpc) is 2.69. The van der Waals surface area contributed by atoms with Crippen LogP contribution in [0.15, 0.2) is 24.4 Å². The highest BCUT2D eigenvalue weighted by atomic mass is 35.5. The summed E-state index contributed by atoms with van der Waals surface area (Å²) in [6, 6.07) is 4.40. The zero-order valence-corrected chi connectivity index (χ0v) is 17.8. The summed E-state index contributed by atoms with van der Waals surface area (Å²) in [7, 11) is 0. The number of nitrogens with zero attached hydrogens (tertiary/aromatic N) is 2. The molecule has 0 radical (unpaired) electrons. The van der Waals surface area contributed by atoms with E-state index >= 15 is 0 Å². The maximum absolute atomic E-state index is 13.5. The molecule has 1 amide bonds. The number of ether oxygens (including phenoxy) is 1. The predicted octanol–water partition coefficient (Wildman–Crippen LogP) is 5.78. The van der Waals surface area contributed by atoms with Gasteiger partial charge in [-0.15, -0.1) is 0 Å². The van der Waals surface area contributed by atoms with Gasteiger partial charge in [-0.25, -0.2) is 14.8 Å². The summed E-state index contributed by atoms with van der Waals surface area (Å²) in [5, 5.41) is 5.64. The van der Waals surface area contributed by atoms with Crippen molar-refractivity contribution < 1.29 is 22.7 Å². The maximum atomic E-state index is 13.5. The lowest BCUT2D eigenvalue weighted by Crippen LogP contribution is -2.33. The molecule has 3 rings (SSSR count). The number of anilines is 2. The van der Waals surface area contributed by atoms with E-state index in [1.165, 1.54) is 18.2 Å². The summed E-state index contributed by atoms with van der Waals surface area (Å²) in [6.45, 7) is 0.344. The molecule has 2 aromatic rings. The lowest BCUT2D eigenvalue weighted by atomic mass is 10.0. The Bertz CT molecular complexity index is 911. The number of benzene rings is 1. The number of halogens is 5. The summed E-state index contributed by atoms with van der Waals surface area (Å²) in [5.41, 5.74) is -1.11. The van der Waals surface area contributed by atoms with Gasteiger partial charge in [0.25, 0.3) is 0 Å². The highest BCUT2D eigenvalue weighted by Gasteiger charge is 2.38. The fourth-order valence-corrected chi connectivity index (χ4v) is 4.39. The van der Waals surface area contributed by atoms with Gasteiger partial charge < -0.3 is 15.4 Å². The van der Waals surface area contributed by atoms with E-state index < -0.39 is 23.7 Å². The van der Waals surface area contributed by atoms with Gasteiger partial charge in [0, 0.05) is 11.6 Å². The van der Waals surface area contributed by atoms with Crippen molar-refractivity contribution in [1.29, 1.82) is 0 Å². The van der Waals surface area contributed by atoms with E-state index in [4.69, 9.17) is 27.9 Å². The second-order valence-electron chi connectivity index (χ2n) is 6.48. The number of nitrogens with one attached hydrogen (secondary N) is 2. The van der Waals surface area contributed by atoms with Crippen molar-refractivity contribution in [2.45, 2.75) is 19.0 Å². The molecule has 0 bridgehead atoms. The fraction of sp³-hybridized carbons (Fsp3) is 0.389. The van der Waals surface area contributed by atoms with E-state index in [1.54, 1.807) is 0 Å². The summed E-state index contributed by atoms with van der Waals surface area (Å²) >= 11 is 13.6. The monoisotopic (exact) mass is 480 g/mol. The van der Waals surface area contributed by atoms with Gasteiger partial charge in [-0.3, -0.25) is 0 Å². The predicted molar refractivity (Wildman–Crippen MR) is 111 cm³/mol. The topological polar surface area (TPSA) is 76.1 Å². The molecule has 0 aliphatic carbocycles. The smallest absolute Gasteiger partial charge is 0.406 e. The molecule has 6 nitrogen and oxygen atoms in total. The minimum Gasteiger partial charge on any atom is -0.406 e. The number of alkyl halides is 3. The molecular weight excluding hydrogens is 464 g/mol. The van der Waals surface area contributed by atoms with Crippen LogP contribution in [0.4, 0.5) is 29.6 Å². The first-order valence-electron chi connectivity index (χ1n) is 8.92. The van der Waals surface area contributed by atoms with Crippen molar-refractivity contribution >= 4 is 52.7 Å². The molecule has 1 fully saturated rings. The lowest BCUT2D eigenvalue weighted by Gasteiger charge is -2.21. The highest BCUT2D eigenvalue weighted by molar-refractivity contribution is 7.99. The number of hydrogen-bond donors (Lipinski definition) is 2. The summed E-state index contributed by atoms with van der Waals surface area (Å²) in [4.78, 5) is 19.2. The van der Waals surface area contributed by atoms with Crippen LogP contribution in [-0.4, -0.2) is 34.1 Å². The van der Waals surface area contributed by atoms with Crippen molar-refractivity contribution in [3.63, 3.8) is 0 Å². The molecule has 1 aromatic carbocycles. The van der Waals surface area contributed by atoms with Gasteiger partial charge in [0.1, 0.15) is 0 Å². The van der Waals surface area contributed by atoms with Crippen LogP contribution in [0.3, 0.4) is 0 Å². The molecule has 0 spiro atoms. The Balaban J connectivity index is 1.71. The third-order valence-electron chi connectivity index (χ3n) is 4.28. The van der Waals surface area contributed by atoms with Crippen molar-refractivity contribution in [2.75, 3.05) is 23.4 Å². The number of thioether (sulfide) groups is 1. The van der Waals surface area contributed by atoms with Crippen molar-refractivity contribution in [3.05, 3.63) is 40.1 Å². The van der Waals surface area contributed by atoms with E-state index in [0.29, 0.717) is 11.6 Å². The molecular formula is C18H17Cl2F3N4O2S. The number of carbonyl (C=O) groups is 1.